The van der Waals surface area contributed by atoms with Crippen LogP contribution in [0.3, 0.4) is 0 Å². The van der Waals surface area contributed by atoms with Crippen molar-refractivity contribution in [1.29, 1.82) is 0 Å². The number of nitrogens with zero attached hydrogens (tertiary/aromatic N) is 1. The number of hydrogen-bond acceptors (Lipinski definition) is 4. The molecule has 1 heterocycles. The Morgan fingerprint density at radius 3 is 2.16 bits per heavy atom. The topological polar surface area (TPSA) is 75.7 Å². The third-order valence-corrected chi connectivity index (χ3v) is 8.15. The number of aryl methyl sites for hydroxylation is 1. The number of rotatable bonds is 8. The fourth-order valence-electron chi connectivity index (χ4n) is 4.12. The Morgan fingerprint density at radius 2 is 1.66 bits per heavy atom. The molecule has 0 radical (unpaired) electrons. The Balaban J connectivity index is 1.62. The number of hydrogen-bond donors (Lipinski definition) is 1. The normalized spacial score (nSPS) is 16.7. The zero-order valence-corrected chi connectivity index (χ0v) is 20.2. The van der Waals surface area contributed by atoms with E-state index in [-0.39, 0.29) is 28.7 Å². The van der Waals surface area contributed by atoms with Gasteiger partial charge in [0.2, 0.25) is 15.9 Å². The summed E-state index contributed by atoms with van der Waals surface area (Å²) in [5.41, 5.74) is 2.37. The van der Waals surface area contributed by atoms with Crippen LogP contribution < -0.4 is 10.1 Å². The predicted molar refractivity (Wildman–Crippen MR) is 126 cm³/mol. The molecule has 0 bridgehead atoms. The summed E-state index contributed by atoms with van der Waals surface area (Å²) in [6.45, 7) is 7.00. The second-order valence-corrected chi connectivity index (χ2v) is 10.6. The maximum Gasteiger partial charge on any atom is 0.243 e. The summed E-state index contributed by atoms with van der Waals surface area (Å²) < 4.78 is 32.5. The number of benzene rings is 2. The number of carbonyl (C=O) groups excluding carboxylic acids is 1. The van der Waals surface area contributed by atoms with Crippen LogP contribution in [-0.4, -0.2) is 38.8 Å². The van der Waals surface area contributed by atoms with Gasteiger partial charge in [-0.1, -0.05) is 45.0 Å². The van der Waals surface area contributed by atoms with Crippen LogP contribution in [0.1, 0.15) is 50.8 Å². The minimum absolute atomic E-state index is 0.00441. The molecule has 0 saturated carbocycles. The van der Waals surface area contributed by atoms with Crippen LogP contribution in [0, 0.1) is 11.8 Å². The maximum absolute atomic E-state index is 13.0. The van der Waals surface area contributed by atoms with Gasteiger partial charge < -0.3 is 10.1 Å². The quantitative estimate of drug-likeness (QED) is 0.644. The van der Waals surface area contributed by atoms with Crippen molar-refractivity contribution in [2.24, 2.45) is 11.8 Å². The highest BCUT2D eigenvalue weighted by Crippen LogP contribution is 2.27. The standard InChI is InChI=1S/C25H34N2O4S/c1-5-19-6-8-20(9-7-19)24(18(2)3)26-25(28)21-14-16-27(17-15-21)32(29,30)23-12-10-22(31-4)11-13-23/h6-13,18,21,24H,5,14-17H2,1-4H3,(H,26,28). The molecular weight excluding hydrogens is 424 g/mol. The van der Waals surface area contributed by atoms with Crippen molar-refractivity contribution in [3.8, 4) is 5.75 Å². The van der Waals surface area contributed by atoms with Gasteiger partial charge in [0.15, 0.2) is 0 Å². The molecular formula is C25H34N2O4S. The zero-order valence-electron chi connectivity index (χ0n) is 19.4. The monoisotopic (exact) mass is 458 g/mol. The van der Waals surface area contributed by atoms with E-state index in [0.29, 0.717) is 31.7 Å². The summed E-state index contributed by atoms with van der Waals surface area (Å²) in [5.74, 6) is 0.684. The summed E-state index contributed by atoms with van der Waals surface area (Å²) in [6.07, 6.45) is 2.01. The van der Waals surface area contributed by atoms with Gasteiger partial charge in [0.05, 0.1) is 18.0 Å². The second-order valence-electron chi connectivity index (χ2n) is 8.68. The van der Waals surface area contributed by atoms with E-state index in [1.54, 1.807) is 31.4 Å². The third-order valence-electron chi connectivity index (χ3n) is 6.23. The molecule has 0 spiro atoms. The molecule has 0 aliphatic carbocycles. The fourth-order valence-corrected chi connectivity index (χ4v) is 5.59. The molecule has 1 amide bonds. The summed E-state index contributed by atoms with van der Waals surface area (Å²) >= 11 is 0. The van der Waals surface area contributed by atoms with Gasteiger partial charge in [-0.2, -0.15) is 4.31 Å². The lowest BCUT2D eigenvalue weighted by Gasteiger charge is -2.32. The Hall–Kier alpha value is -2.38. The number of carbonyl (C=O) groups is 1. The number of amides is 1. The lowest BCUT2D eigenvalue weighted by molar-refractivity contribution is -0.127. The van der Waals surface area contributed by atoms with Crippen molar-refractivity contribution < 1.29 is 17.9 Å². The van der Waals surface area contributed by atoms with Gasteiger partial charge in [-0.25, -0.2) is 8.42 Å². The molecule has 1 saturated heterocycles. The van der Waals surface area contributed by atoms with Gasteiger partial charge in [0.25, 0.3) is 0 Å². The number of piperidine rings is 1. The van der Waals surface area contributed by atoms with Crippen molar-refractivity contribution >= 4 is 15.9 Å². The fraction of sp³-hybridized carbons (Fsp3) is 0.480. The molecule has 1 N–H and O–H groups in total. The molecule has 0 aromatic heterocycles. The highest BCUT2D eigenvalue weighted by molar-refractivity contribution is 7.89. The second kappa shape index (κ2) is 10.5. The van der Waals surface area contributed by atoms with E-state index < -0.39 is 10.0 Å². The molecule has 32 heavy (non-hydrogen) atoms. The summed E-state index contributed by atoms with van der Waals surface area (Å²) in [6, 6.07) is 14.8. The molecule has 1 fully saturated rings. The first kappa shape index (κ1) is 24.3. The first-order valence-electron chi connectivity index (χ1n) is 11.3. The Kier molecular flexibility index (Phi) is 7.96. The first-order valence-corrected chi connectivity index (χ1v) is 12.7. The summed E-state index contributed by atoms with van der Waals surface area (Å²) in [7, 11) is -2.03. The predicted octanol–water partition coefficient (Wildman–Crippen LogP) is 4.17. The average molecular weight is 459 g/mol. The Morgan fingerprint density at radius 1 is 1.06 bits per heavy atom. The number of nitrogens with one attached hydrogen (secondary N) is 1. The van der Waals surface area contributed by atoms with E-state index in [4.69, 9.17) is 4.74 Å². The van der Waals surface area contributed by atoms with Crippen molar-refractivity contribution in [1.82, 2.24) is 9.62 Å². The highest BCUT2D eigenvalue weighted by Gasteiger charge is 2.33. The van der Waals surface area contributed by atoms with Crippen LogP contribution >= 0.6 is 0 Å². The van der Waals surface area contributed by atoms with Gasteiger partial charge in [0.1, 0.15) is 5.75 Å². The van der Waals surface area contributed by atoms with Gasteiger partial charge in [-0.15, -0.1) is 0 Å². The lowest BCUT2D eigenvalue weighted by atomic mass is 9.92. The van der Waals surface area contributed by atoms with Gasteiger partial charge in [-0.05, 0) is 60.6 Å². The Bertz CT molecular complexity index is 993. The minimum Gasteiger partial charge on any atom is -0.497 e. The first-order chi connectivity index (χ1) is 15.3. The van der Waals surface area contributed by atoms with E-state index in [2.05, 4.69) is 50.4 Å². The largest absolute Gasteiger partial charge is 0.497 e. The number of sulfonamides is 1. The maximum atomic E-state index is 13.0. The average Bonchev–Trinajstić information content (AvgIpc) is 2.82. The van der Waals surface area contributed by atoms with Crippen molar-refractivity contribution in [3.05, 3.63) is 59.7 Å². The summed E-state index contributed by atoms with van der Waals surface area (Å²) in [4.78, 5) is 13.3. The van der Waals surface area contributed by atoms with Crippen molar-refractivity contribution in [2.75, 3.05) is 20.2 Å². The number of ether oxygens (including phenoxy) is 1. The molecule has 2 aromatic carbocycles. The number of methoxy groups -OCH3 is 1. The minimum atomic E-state index is -3.58. The highest BCUT2D eigenvalue weighted by atomic mass is 32.2. The van der Waals surface area contributed by atoms with E-state index in [0.717, 1.165) is 12.0 Å². The van der Waals surface area contributed by atoms with Gasteiger partial charge in [-0.3, -0.25) is 4.79 Å². The molecule has 7 heteroatoms. The molecule has 3 rings (SSSR count). The van der Waals surface area contributed by atoms with Crippen LogP contribution in [0.5, 0.6) is 5.75 Å². The van der Waals surface area contributed by atoms with Crippen LogP contribution in [0.2, 0.25) is 0 Å². The van der Waals surface area contributed by atoms with Crippen molar-refractivity contribution in [3.63, 3.8) is 0 Å². The lowest BCUT2D eigenvalue weighted by Crippen LogP contribution is -2.44. The van der Waals surface area contributed by atoms with Crippen LogP contribution in [0.4, 0.5) is 0 Å². The van der Waals surface area contributed by atoms with E-state index in [9.17, 15) is 13.2 Å². The summed E-state index contributed by atoms with van der Waals surface area (Å²) in [5, 5.41) is 3.22. The molecule has 1 aliphatic rings. The molecule has 1 unspecified atom stereocenters. The molecule has 1 atom stereocenters. The molecule has 174 valence electrons. The van der Waals surface area contributed by atoms with E-state index in [1.165, 1.54) is 9.87 Å². The molecule has 6 nitrogen and oxygen atoms in total. The third kappa shape index (κ3) is 5.51. The Labute approximate surface area is 192 Å². The van der Waals surface area contributed by atoms with Gasteiger partial charge >= 0.3 is 0 Å². The molecule has 1 aliphatic heterocycles. The van der Waals surface area contributed by atoms with Gasteiger partial charge in [0, 0.05) is 19.0 Å². The zero-order chi connectivity index (χ0) is 23.3. The molecule has 2 aromatic rings. The van der Waals surface area contributed by atoms with Crippen LogP contribution in [0.15, 0.2) is 53.4 Å². The van der Waals surface area contributed by atoms with Crippen molar-refractivity contribution in [2.45, 2.75) is 51.0 Å². The van der Waals surface area contributed by atoms with Crippen LogP contribution in [-0.2, 0) is 21.2 Å². The SMILES string of the molecule is CCc1ccc(C(NC(=O)C2CCN(S(=O)(=O)c3ccc(OC)cc3)CC2)C(C)C)cc1. The van der Waals surface area contributed by atoms with E-state index in [1.807, 2.05) is 0 Å². The smallest absolute Gasteiger partial charge is 0.243 e. The van der Waals surface area contributed by atoms with Crippen LogP contribution in [0.25, 0.3) is 0 Å². The van der Waals surface area contributed by atoms with E-state index >= 15 is 0 Å².